The SMILES string of the molecule is CC(C)(C)S(=O)(=O)c1cn2c(I)cnc2cc1CO. The molecule has 0 radical (unpaired) electrons. The number of halogens is 1. The standard InChI is InChI=1S/C12H15IN2O3S/c1-12(2,3)19(17,18)9-6-15-10(13)5-14-11(15)4-8(9)7-16/h4-6,16H,7H2,1-3H3. The minimum atomic E-state index is -3.52. The van der Waals surface area contributed by atoms with Crippen LogP contribution in [0.15, 0.2) is 23.4 Å². The van der Waals surface area contributed by atoms with Gasteiger partial charge in [-0.05, 0) is 49.4 Å². The Kier molecular flexibility index (Phi) is 3.65. The topological polar surface area (TPSA) is 71.7 Å². The smallest absolute Gasteiger partial charge is 0.185 e. The molecule has 0 saturated heterocycles. The molecule has 0 aliphatic heterocycles. The summed E-state index contributed by atoms with van der Waals surface area (Å²) >= 11 is 2.09. The van der Waals surface area contributed by atoms with E-state index in [9.17, 15) is 13.5 Å². The van der Waals surface area contributed by atoms with Crippen molar-refractivity contribution in [2.24, 2.45) is 0 Å². The van der Waals surface area contributed by atoms with Crippen LogP contribution in [0, 0.1) is 3.70 Å². The number of aliphatic hydroxyl groups excluding tert-OH is 1. The molecule has 0 aliphatic carbocycles. The molecule has 0 spiro atoms. The molecule has 0 aromatic carbocycles. The fourth-order valence-corrected chi connectivity index (χ4v) is 3.61. The van der Waals surface area contributed by atoms with Crippen LogP contribution in [0.25, 0.3) is 5.65 Å². The molecular formula is C12H15IN2O3S. The Bertz CT molecular complexity index is 729. The summed E-state index contributed by atoms with van der Waals surface area (Å²) in [6.07, 6.45) is 3.20. The Labute approximate surface area is 125 Å². The maximum atomic E-state index is 12.6. The fraction of sp³-hybridized carbons (Fsp3) is 0.417. The molecule has 19 heavy (non-hydrogen) atoms. The van der Waals surface area contributed by atoms with Crippen molar-refractivity contribution in [2.75, 3.05) is 0 Å². The first kappa shape index (κ1) is 14.7. The van der Waals surface area contributed by atoms with Crippen LogP contribution in [-0.4, -0.2) is 27.7 Å². The van der Waals surface area contributed by atoms with Crippen molar-refractivity contribution in [3.05, 3.63) is 27.7 Å². The van der Waals surface area contributed by atoms with E-state index in [1.165, 1.54) is 6.20 Å². The van der Waals surface area contributed by atoms with Crippen molar-refractivity contribution in [2.45, 2.75) is 37.0 Å². The number of hydrogen-bond acceptors (Lipinski definition) is 4. The minimum Gasteiger partial charge on any atom is -0.392 e. The van der Waals surface area contributed by atoms with Gasteiger partial charge in [0.25, 0.3) is 0 Å². The minimum absolute atomic E-state index is 0.158. The van der Waals surface area contributed by atoms with E-state index in [0.717, 1.165) is 3.70 Å². The number of nitrogens with zero attached hydrogens (tertiary/aromatic N) is 2. The number of imidazole rings is 1. The Morgan fingerprint density at radius 1 is 1.42 bits per heavy atom. The van der Waals surface area contributed by atoms with Crippen LogP contribution in [0.2, 0.25) is 0 Å². The lowest BCUT2D eigenvalue weighted by atomic mass is 10.2. The molecule has 7 heteroatoms. The third kappa shape index (κ3) is 2.38. The molecule has 0 aliphatic rings. The lowest BCUT2D eigenvalue weighted by molar-refractivity contribution is 0.278. The van der Waals surface area contributed by atoms with Gasteiger partial charge in [-0.2, -0.15) is 0 Å². The molecule has 1 N–H and O–H groups in total. The molecule has 0 unspecified atom stereocenters. The number of rotatable bonds is 2. The molecule has 0 fully saturated rings. The fourth-order valence-electron chi connectivity index (χ4n) is 1.71. The Morgan fingerprint density at radius 2 is 2.05 bits per heavy atom. The van der Waals surface area contributed by atoms with Gasteiger partial charge < -0.3 is 5.11 Å². The van der Waals surface area contributed by atoms with Gasteiger partial charge in [0.1, 0.15) is 9.35 Å². The largest absolute Gasteiger partial charge is 0.392 e. The normalized spacial score (nSPS) is 13.1. The van der Waals surface area contributed by atoms with Gasteiger partial charge in [0.15, 0.2) is 9.84 Å². The number of fused-ring (bicyclic) bond motifs is 1. The van der Waals surface area contributed by atoms with Gasteiger partial charge >= 0.3 is 0 Å². The molecule has 2 aromatic heterocycles. The van der Waals surface area contributed by atoms with Crippen LogP contribution in [0.1, 0.15) is 26.3 Å². The maximum absolute atomic E-state index is 12.6. The summed E-state index contributed by atoms with van der Waals surface area (Å²) in [5, 5.41) is 9.41. The van der Waals surface area contributed by atoms with Crippen LogP contribution >= 0.6 is 22.6 Å². The van der Waals surface area contributed by atoms with Gasteiger partial charge in [-0.15, -0.1) is 0 Å². The zero-order valence-corrected chi connectivity index (χ0v) is 13.9. The van der Waals surface area contributed by atoms with Crippen molar-refractivity contribution in [3.63, 3.8) is 0 Å². The Balaban J connectivity index is 2.82. The molecular weight excluding hydrogens is 379 g/mol. The van der Waals surface area contributed by atoms with E-state index in [1.54, 1.807) is 37.4 Å². The van der Waals surface area contributed by atoms with E-state index in [1.807, 2.05) is 0 Å². The molecule has 0 bridgehead atoms. The summed E-state index contributed by atoms with van der Waals surface area (Å²) in [4.78, 5) is 4.32. The molecule has 0 saturated carbocycles. The second-order valence-electron chi connectivity index (χ2n) is 5.25. The first-order valence-corrected chi connectivity index (χ1v) is 8.25. The first-order chi connectivity index (χ1) is 8.68. The number of sulfone groups is 1. The van der Waals surface area contributed by atoms with Gasteiger partial charge in [-0.1, -0.05) is 0 Å². The van der Waals surface area contributed by atoms with Crippen molar-refractivity contribution in [1.82, 2.24) is 9.38 Å². The molecule has 0 atom stereocenters. The highest BCUT2D eigenvalue weighted by atomic mass is 127. The van der Waals surface area contributed by atoms with Crippen LogP contribution in [0.3, 0.4) is 0 Å². The summed E-state index contributed by atoms with van der Waals surface area (Å²) in [7, 11) is -3.52. The van der Waals surface area contributed by atoms with Gasteiger partial charge in [0.2, 0.25) is 0 Å². The van der Waals surface area contributed by atoms with E-state index in [4.69, 9.17) is 0 Å². The first-order valence-electron chi connectivity index (χ1n) is 5.69. The molecule has 2 heterocycles. The highest BCUT2D eigenvalue weighted by Gasteiger charge is 2.33. The summed E-state index contributed by atoms with van der Waals surface area (Å²) in [5.41, 5.74) is 1.01. The van der Waals surface area contributed by atoms with E-state index in [-0.39, 0.29) is 11.5 Å². The van der Waals surface area contributed by atoms with Gasteiger partial charge in [0, 0.05) is 11.8 Å². The second kappa shape index (κ2) is 4.71. The Hall–Kier alpha value is -0.670. The van der Waals surface area contributed by atoms with E-state index in [2.05, 4.69) is 27.6 Å². The zero-order chi connectivity index (χ0) is 14.4. The predicted molar refractivity (Wildman–Crippen MR) is 80.8 cm³/mol. The zero-order valence-electron chi connectivity index (χ0n) is 10.9. The van der Waals surface area contributed by atoms with Crippen LogP contribution in [0.4, 0.5) is 0 Å². The summed E-state index contributed by atoms with van der Waals surface area (Å²) in [6.45, 7) is 4.61. The lowest BCUT2D eigenvalue weighted by Gasteiger charge is -2.21. The van der Waals surface area contributed by atoms with Gasteiger partial charge in [-0.25, -0.2) is 13.4 Å². The number of hydrogen-bond donors (Lipinski definition) is 1. The second-order valence-corrected chi connectivity index (χ2v) is 9.02. The quantitative estimate of drug-likeness (QED) is 0.792. The Morgan fingerprint density at radius 3 is 2.58 bits per heavy atom. The van der Waals surface area contributed by atoms with E-state index < -0.39 is 14.6 Å². The van der Waals surface area contributed by atoms with Crippen molar-refractivity contribution in [3.8, 4) is 0 Å². The third-order valence-corrected chi connectivity index (χ3v) is 6.27. The van der Waals surface area contributed by atoms with Crippen molar-refractivity contribution in [1.29, 1.82) is 0 Å². The summed E-state index contributed by atoms with van der Waals surface area (Å²) in [5.74, 6) is 0. The summed E-state index contributed by atoms with van der Waals surface area (Å²) < 4.78 is 26.7. The molecule has 5 nitrogen and oxygen atoms in total. The maximum Gasteiger partial charge on any atom is 0.185 e. The van der Waals surface area contributed by atoms with Crippen LogP contribution in [0.5, 0.6) is 0 Å². The highest BCUT2D eigenvalue weighted by molar-refractivity contribution is 14.1. The number of aliphatic hydroxyl groups is 1. The molecule has 2 rings (SSSR count). The number of aromatic nitrogens is 2. The third-order valence-electron chi connectivity index (χ3n) is 2.91. The van der Waals surface area contributed by atoms with E-state index >= 15 is 0 Å². The molecule has 0 amide bonds. The monoisotopic (exact) mass is 394 g/mol. The predicted octanol–water partition coefficient (Wildman–Crippen LogP) is 2.00. The van der Waals surface area contributed by atoms with Crippen LogP contribution in [-0.2, 0) is 16.4 Å². The van der Waals surface area contributed by atoms with Crippen molar-refractivity contribution < 1.29 is 13.5 Å². The van der Waals surface area contributed by atoms with Gasteiger partial charge in [0.05, 0.1) is 22.4 Å². The molecule has 2 aromatic rings. The van der Waals surface area contributed by atoms with Crippen molar-refractivity contribution >= 4 is 38.1 Å². The van der Waals surface area contributed by atoms with Gasteiger partial charge in [-0.3, -0.25) is 4.40 Å². The van der Waals surface area contributed by atoms with Crippen LogP contribution < -0.4 is 0 Å². The average Bonchev–Trinajstić information content (AvgIpc) is 2.67. The average molecular weight is 394 g/mol. The summed E-state index contributed by atoms with van der Waals surface area (Å²) in [6, 6.07) is 1.61. The number of pyridine rings is 1. The molecule has 104 valence electrons. The highest BCUT2D eigenvalue weighted by Crippen LogP contribution is 2.28. The lowest BCUT2D eigenvalue weighted by Crippen LogP contribution is -2.29. The van der Waals surface area contributed by atoms with E-state index in [0.29, 0.717) is 11.2 Å².